The second-order valence-electron chi connectivity index (χ2n) is 5.10. The molecule has 0 radical (unpaired) electrons. The fourth-order valence-corrected chi connectivity index (χ4v) is 2.88. The molecular weight excluding hydrogens is 266 g/mol. The number of thioether (sulfide) groups is 1. The highest BCUT2D eigenvalue weighted by molar-refractivity contribution is 7.98. The summed E-state index contributed by atoms with van der Waals surface area (Å²) in [5.74, 6) is 2.21. The van der Waals surface area contributed by atoms with Crippen LogP contribution in [0.3, 0.4) is 0 Å². The van der Waals surface area contributed by atoms with E-state index in [0.29, 0.717) is 12.6 Å². The molecule has 1 unspecified atom stereocenters. The van der Waals surface area contributed by atoms with Gasteiger partial charge in [-0.2, -0.15) is 11.8 Å². The van der Waals surface area contributed by atoms with Crippen LogP contribution in [0.4, 0.5) is 5.82 Å². The first-order valence-corrected chi connectivity index (χ1v) is 8.37. The van der Waals surface area contributed by atoms with Crippen molar-refractivity contribution < 1.29 is 0 Å². The Morgan fingerprint density at radius 3 is 2.80 bits per heavy atom. The van der Waals surface area contributed by atoms with Gasteiger partial charge in [-0.25, -0.2) is 4.98 Å². The van der Waals surface area contributed by atoms with Crippen LogP contribution in [0, 0.1) is 0 Å². The van der Waals surface area contributed by atoms with Gasteiger partial charge in [0, 0.05) is 25.0 Å². The maximum Gasteiger partial charge on any atom is 0.136 e. The Kier molecular flexibility index (Phi) is 5.26. The van der Waals surface area contributed by atoms with Crippen LogP contribution in [0.15, 0.2) is 30.3 Å². The molecule has 0 spiro atoms. The maximum absolute atomic E-state index is 5.78. The Labute approximate surface area is 125 Å². The van der Waals surface area contributed by atoms with E-state index in [-0.39, 0.29) is 0 Å². The fourth-order valence-electron chi connectivity index (χ4n) is 2.30. The van der Waals surface area contributed by atoms with Crippen molar-refractivity contribution in [1.82, 2.24) is 4.98 Å². The van der Waals surface area contributed by atoms with Crippen molar-refractivity contribution in [3.05, 3.63) is 36.0 Å². The number of hydrogen-bond acceptors (Lipinski definition) is 4. The van der Waals surface area contributed by atoms with E-state index < -0.39 is 0 Å². The molecule has 1 aromatic heterocycles. The normalized spacial score (nSPS) is 12.6. The van der Waals surface area contributed by atoms with Crippen LogP contribution < -0.4 is 10.6 Å². The molecule has 0 aliphatic heterocycles. The van der Waals surface area contributed by atoms with Gasteiger partial charge >= 0.3 is 0 Å². The molecule has 0 bridgehead atoms. The third kappa shape index (κ3) is 3.25. The molecule has 4 heteroatoms. The van der Waals surface area contributed by atoms with Crippen LogP contribution >= 0.6 is 11.8 Å². The molecule has 20 heavy (non-hydrogen) atoms. The first kappa shape index (κ1) is 15.1. The minimum absolute atomic E-state index is 0.464. The van der Waals surface area contributed by atoms with Gasteiger partial charge in [0.05, 0.1) is 5.69 Å². The van der Waals surface area contributed by atoms with Gasteiger partial charge < -0.3 is 10.6 Å². The average molecular weight is 289 g/mol. The summed E-state index contributed by atoms with van der Waals surface area (Å²) in [4.78, 5) is 7.02. The molecule has 3 nitrogen and oxygen atoms in total. The number of fused-ring (bicyclic) bond motifs is 1. The molecular formula is C16H23N3S. The van der Waals surface area contributed by atoms with Crippen molar-refractivity contribution in [3.8, 4) is 0 Å². The quantitative estimate of drug-likeness (QED) is 0.886. The average Bonchev–Trinajstić information content (AvgIpc) is 2.50. The van der Waals surface area contributed by atoms with E-state index in [0.717, 1.165) is 17.9 Å². The number of benzene rings is 1. The van der Waals surface area contributed by atoms with Gasteiger partial charge in [0.2, 0.25) is 0 Å². The Morgan fingerprint density at radius 2 is 2.10 bits per heavy atom. The summed E-state index contributed by atoms with van der Waals surface area (Å²) in [6.45, 7) is 2.73. The Morgan fingerprint density at radius 1 is 1.35 bits per heavy atom. The summed E-state index contributed by atoms with van der Waals surface area (Å²) < 4.78 is 0. The van der Waals surface area contributed by atoms with E-state index in [4.69, 9.17) is 10.7 Å². The van der Waals surface area contributed by atoms with Crippen molar-refractivity contribution in [1.29, 1.82) is 0 Å². The Hall–Kier alpha value is -1.26. The molecule has 0 saturated carbocycles. The number of nitrogens with zero attached hydrogens (tertiary/aromatic N) is 2. The molecule has 0 saturated heterocycles. The summed E-state index contributed by atoms with van der Waals surface area (Å²) in [5.41, 5.74) is 6.73. The summed E-state index contributed by atoms with van der Waals surface area (Å²) in [5, 5.41) is 2.41. The van der Waals surface area contributed by atoms with Crippen LogP contribution in [0.25, 0.3) is 10.8 Å². The molecule has 108 valence electrons. The van der Waals surface area contributed by atoms with Crippen molar-refractivity contribution >= 4 is 28.4 Å². The zero-order chi connectivity index (χ0) is 14.5. The molecule has 1 aromatic carbocycles. The Balaban J connectivity index is 2.41. The predicted octanol–water partition coefficient (Wildman–Crippen LogP) is 3.27. The highest BCUT2D eigenvalue weighted by atomic mass is 32.2. The maximum atomic E-state index is 5.78. The van der Waals surface area contributed by atoms with E-state index in [1.807, 2.05) is 11.8 Å². The SMILES string of the molecule is CSCCC(C)N(C)c1nc(CN)cc2ccccc12. The van der Waals surface area contributed by atoms with E-state index in [1.165, 1.54) is 16.5 Å². The summed E-state index contributed by atoms with van der Waals surface area (Å²) in [6, 6.07) is 10.9. The monoisotopic (exact) mass is 289 g/mol. The van der Waals surface area contributed by atoms with Gasteiger partial charge in [-0.15, -0.1) is 0 Å². The van der Waals surface area contributed by atoms with Crippen LogP contribution in [-0.4, -0.2) is 30.1 Å². The van der Waals surface area contributed by atoms with Gasteiger partial charge in [-0.3, -0.25) is 0 Å². The number of pyridine rings is 1. The van der Waals surface area contributed by atoms with Gasteiger partial charge in [-0.05, 0) is 36.8 Å². The van der Waals surface area contributed by atoms with Gasteiger partial charge in [0.25, 0.3) is 0 Å². The van der Waals surface area contributed by atoms with Crippen LogP contribution in [0.5, 0.6) is 0 Å². The lowest BCUT2D eigenvalue weighted by atomic mass is 10.1. The zero-order valence-corrected chi connectivity index (χ0v) is 13.3. The van der Waals surface area contributed by atoms with Crippen molar-refractivity contribution in [3.63, 3.8) is 0 Å². The van der Waals surface area contributed by atoms with E-state index in [9.17, 15) is 0 Å². The lowest BCUT2D eigenvalue weighted by Crippen LogP contribution is -2.30. The third-order valence-electron chi connectivity index (χ3n) is 3.72. The standard InChI is InChI=1S/C16H23N3S/c1-12(8-9-20-3)19(2)16-15-7-5-4-6-13(15)10-14(11-17)18-16/h4-7,10,12H,8-9,11,17H2,1-3H3. The van der Waals surface area contributed by atoms with Crippen molar-refractivity contribution in [2.45, 2.75) is 25.9 Å². The molecule has 0 aliphatic carbocycles. The molecule has 2 rings (SSSR count). The molecule has 0 aliphatic rings. The molecule has 0 amide bonds. The second-order valence-corrected chi connectivity index (χ2v) is 6.09. The lowest BCUT2D eigenvalue weighted by molar-refractivity contribution is 0.663. The smallest absolute Gasteiger partial charge is 0.136 e. The van der Waals surface area contributed by atoms with Gasteiger partial charge in [-0.1, -0.05) is 24.3 Å². The van der Waals surface area contributed by atoms with Gasteiger partial charge in [0.15, 0.2) is 0 Å². The first-order chi connectivity index (χ1) is 9.67. The lowest BCUT2D eigenvalue weighted by Gasteiger charge is -2.27. The van der Waals surface area contributed by atoms with Crippen LogP contribution in [-0.2, 0) is 6.54 Å². The third-order valence-corrected chi connectivity index (χ3v) is 4.36. The van der Waals surface area contributed by atoms with Crippen LogP contribution in [0.2, 0.25) is 0 Å². The van der Waals surface area contributed by atoms with Gasteiger partial charge in [0.1, 0.15) is 5.82 Å². The largest absolute Gasteiger partial charge is 0.356 e. The minimum atomic E-state index is 0.464. The number of hydrogen-bond donors (Lipinski definition) is 1. The van der Waals surface area contributed by atoms with E-state index >= 15 is 0 Å². The number of rotatable bonds is 6. The molecule has 1 heterocycles. The summed E-state index contributed by atoms with van der Waals surface area (Å²) in [6.07, 6.45) is 3.30. The highest BCUT2D eigenvalue weighted by Gasteiger charge is 2.14. The molecule has 2 N–H and O–H groups in total. The second kappa shape index (κ2) is 6.95. The minimum Gasteiger partial charge on any atom is -0.356 e. The molecule has 2 aromatic rings. The number of aromatic nitrogens is 1. The number of anilines is 1. The highest BCUT2D eigenvalue weighted by Crippen LogP contribution is 2.27. The van der Waals surface area contributed by atoms with Crippen molar-refractivity contribution in [2.24, 2.45) is 5.73 Å². The fraction of sp³-hybridized carbons (Fsp3) is 0.438. The van der Waals surface area contributed by atoms with E-state index in [2.05, 4.69) is 55.5 Å². The Bertz CT molecular complexity index is 571. The summed E-state index contributed by atoms with van der Waals surface area (Å²) >= 11 is 1.89. The van der Waals surface area contributed by atoms with E-state index in [1.54, 1.807) is 0 Å². The predicted molar refractivity (Wildman–Crippen MR) is 90.5 cm³/mol. The summed E-state index contributed by atoms with van der Waals surface area (Å²) in [7, 11) is 2.13. The van der Waals surface area contributed by atoms with Crippen molar-refractivity contribution in [2.75, 3.05) is 24.0 Å². The topological polar surface area (TPSA) is 42.2 Å². The first-order valence-electron chi connectivity index (χ1n) is 6.98. The molecule has 1 atom stereocenters. The number of nitrogens with two attached hydrogens (primary N) is 1. The zero-order valence-electron chi connectivity index (χ0n) is 12.5. The molecule has 0 fully saturated rings. The van der Waals surface area contributed by atoms with Crippen LogP contribution in [0.1, 0.15) is 19.0 Å².